The second-order valence-corrected chi connectivity index (χ2v) is 3.47. The van der Waals surface area contributed by atoms with E-state index >= 15 is 0 Å². The average molecular weight is 225 g/mol. The maximum absolute atomic E-state index is 9.85. The van der Waals surface area contributed by atoms with Gasteiger partial charge in [-0.1, -0.05) is 11.6 Å². The zero-order chi connectivity index (χ0) is 11.3. The van der Waals surface area contributed by atoms with Crippen molar-refractivity contribution in [2.24, 2.45) is 0 Å². The molecule has 0 aliphatic heterocycles. The van der Waals surface area contributed by atoms with E-state index in [0.29, 0.717) is 22.8 Å². The number of benzene rings is 1. The van der Waals surface area contributed by atoms with E-state index in [1.165, 1.54) is 0 Å². The Morgan fingerprint density at radius 1 is 1.53 bits per heavy atom. The van der Waals surface area contributed by atoms with Crippen LogP contribution in [0.5, 0.6) is 5.75 Å². The van der Waals surface area contributed by atoms with Gasteiger partial charge in [0.05, 0.1) is 13.2 Å². The molecule has 0 aliphatic rings. The predicted molar refractivity (Wildman–Crippen MR) is 61.0 cm³/mol. The third kappa shape index (κ3) is 3.16. The van der Waals surface area contributed by atoms with Gasteiger partial charge in [0.25, 0.3) is 0 Å². The molecule has 0 amide bonds. The van der Waals surface area contributed by atoms with E-state index in [0.717, 1.165) is 0 Å². The quantitative estimate of drug-likeness (QED) is 0.801. The number of methoxy groups -OCH3 is 1. The van der Waals surface area contributed by atoms with E-state index in [1.54, 1.807) is 32.2 Å². The summed E-state index contributed by atoms with van der Waals surface area (Å²) in [7, 11) is 1.56. The smallest absolute Gasteiger partial charge is 0.124 e. The molecular weight excluding hydrogens is 212 g/mol. The summed E-state index contributed by atoms with van der Waals surface area (Å²) in [5.41, 5.74) is 0.674. The van der Waals surface area contributed by atoms with Crippen LogP contribution in [-0.2, 0) is 0 Å². The fourth-order valence-electron chi connectivity index (χ4n) is 1.27. The van der Waals surface area contributed by atoms with Crippen LogP contribution in [0.2, 0.25) is 5.02 Å². The van der Waals surface area contributed by atoms with E-state index in [1.807, 2.05) is 0 Å². The molecule has 0 fully saturated rings. The van der Waals surface area contributed by atoms with Crippen LogP contribution < -0.4 is 4.74 Å². The summed E-state index contributed by atoms with van der Waals surface area (Å²) < 4.78 is 5.13. The minimum Gasteiger partial charge on any atom is -0.496 e. The van der Waals surface area contributed by atoms with Gasteiger partial charge in [0.2, 0.25) is 0 Å². The summed E-state index contributed by atoms with van der Waals surface area (Å²) >= 11 is 5.85. The summed E-state index contributed by atoms with van der Waals surface area (Å²) in [5, 5.41) is 10.4. The Morgan fingerprint density at radius 3 is 2.87 bits per heavy atom. The van der Waals surface area contributed by atoms with Gasteiger partial charge in [-0.25, -0.2) is 0 Å². The molecule has 0 saturated heterocycles. The lowest BCUT2D eigenvalue weighted by Gasteiger charge is -2.12. The molecule has 0 spiro atoms. The molecule has 0 bridgehead atoms. The van der Waals surface area contributed by atoms with Crippen LogP contribution in [-0.4, -0.2) is 12.2 Å². The third-order valence-electron chi connectivity index (χ3n) is 2.02. The van der Waals surface area contributed by atoms with E-state index in [9.17, 15) is 5.11 Å². The number of rotatable bonds is 3. The van der Waals surface area contributed by atoms with Crippen LogP contribution in [0.15, 0.2) is 18.2 Å². The van der Waals surface area contributed by atoms with Gasteiger partial charge < -0.3 is 9.84 Å². The Morgan fingerprint density at radius 2 is 2.27 bits per heavy atom. The molecule has 0 aliphatic carbocycles. The number of hydrogen-bond donors (Lipinski definition) is 1. The van der Waals surface area contributed by atoms with E-state index in [4.69, 9.17) is 16.3 Å². The Bertz CT molecular complexity index is 390. The van der Waals surface area contributed by atoms with Crippen molar-refractivity contribution in [3.05, 3.63) is 28.8 Å². The second-order valence-electron chi connectivity index (χ2n) is 3.03. The topological polar surface area (TPSA) is 29.5 Å². The van der Waals surface area contributed by atoms with Crippen molar-refractivity contribution in [3.8, 4) is 17.6 Å². The largest absolute Gasteiger partial charge is 0.496 e. The van der Waals surface area contributed by atoms with E-state index in [-0.39, 0.29) is 0 Å². The molecule has 3 heteroatoms. The highest BCUT2D eigenvalue weighted by Gasteiger charge is 2.12. The molecule has 1 unspecified atom stereocenters. The average Bonchev–Trinajstić information content (AvgIpc) is 2.25. The molecular formula is C12H13ClO2. The molecule has 1 aromatic rings. The molecule has 1 N–H and O–H groups in total. The molecule has 15 heavy (non-hydrogen) atoms. The molecule has 0 saturated carbocycles. The highest BCUT2D eigenvalue weighted by Crippen LogP contribution is 2.29. The number of hydrogen-bond acceptors (Lipinski definition) is 2. The maximum atomic E-state index is 9.85. The van der Waals surface area contributed by atoms with Crippen molar-refractivity contribution >= 4 is 11.6 Å². The normalized spacial score (nSPS) is 11.5. The monoisotopic (exact) mass is 224 g/mol. The number of ether oxygens (including phenoxy) is 1. The van der Waals surface area contributed by atoms with Gasteiger partial charge in [0, 0.05) is 17.0 Å². The molecule has 1 aromatic carbocycles. The van der Waals surface area contributed by atoms with Crippen LogP contribution in [0.3, 0.4) is 0 Å². The molecule has 0 aromatic heterocycles. The van der Waals surface area contributed by atoms with E-state index in [2.05, 4.69) is 11.8 Å². The standard InChI is InChI=1S/C12H13ClO2/c1-3-4-5-11(14)10-8-9(13)6-7-12(10)15-2/h6-8,11,14H,5H2,1-2H3. The van der Waals surface area contributed by atoms with Crippen molar-refractivity contribution < 1.29 is 9.84 Å². The van der Waals surface area contributed by atoms with Gasteiger partial charge in [-0.2, -0.15) is 0 Å². The van der Waals surface area contributed by atoms with E-state index < -0.39 is 6.10 Å². The molecule has 80 valence electrons. The van der Waals surface area contributed by atoms with Crippen LogP contribution >= 0.6 is 11.6 Å². The maximum Gasteiger partial charge on any atom is 0.124 e. The van der Waals surface area contributed by atoms with Gasteiger partial charge in [0.15, 0.2) is 0 Å². The molecule has 0 heterocycles. The zero-order valence-corrected chi connectivity index (χ0v) is 9.51. The molecule has 1 rings (SSSR count). The van der Waals surface area contributed by atoms with Gasteiger partial charge >= 0.3 is 0 Å². The Kier molecular flexibility index (Phi) is 4.48. The first-order valence-corrected chi connectivity index (χ1v) is 4.98. The Hall–Kier alpha value is -1.17. The summed E-state index contributed by atoms with van der Waals surface area (Å²) in [5.74, 6) is 6.18. The molecule has 0 radical (unpaired) electrons. The number of halogens is 1. The lowest BCUT2D eigenvalue weighted by atomic mass is 10.1. The van der Waals surface area contributed by atoms with Crippen molar-refractivity contribution in [1.29, 1.82) is 0 Å². The summed E-state index contributed by atoms with van der Waals surface area (Å²) in [6.07, 6.45) is -0.279. The zero-order valence-electron chi connectivity index (χ0n) is 8.75. The van der Waals surface area contributed by atoms with Gasteiger partial charge in [-0.3, -0.25) is 0 Å². The van der Waals surface area contributed by atoms with Crippen LogP contribution in [0.1, 0.15) is 25.0 Å². The van der Waals surface area contributed by atoms with Gasteiger partial charge in [-0.05, 0) is 25.1 Å². The first-order valence-electron chi connectivity index (χ1n) is 4.60. The Labute approximate surface area is 94.8 Å². The lowest BCUT2D eigenvalue weighted by molar-refractivity contribution is 0.179. The minimum atomic E-state index is -0.661. The highest BCUT2D eigenvalue weighted by molar-refractivity contribution is 6.30. The highest BCUT2D eigenvalue weighted by atomic mass is 35.5. The van der Waals surface area contributed by atoms with Crippen molar-refractivity contribution in [2.45, 2.75) is 19.4 Å². The predicted octanol–water partition coefficient (Wildman–Crippen LogP) is 2.80. The summed E-state index contributed by atoms with van der Waals surface area (Å²) in [6, 6.07) is 5.16. The number of aliphatic hydroxyl groups excluding tert-OH is 1. The lowest BCUT2D eigenvalue weighted by Crippen LogP contribution is -1.99. The van der Waals surface area contributed by atoms with Crippen molar-refractivity contribution in [2.75, 3.05) is 7.11 Å². The van der Waals surface area contributed by atoms with Crippen LogP contribution in [0.25, 0.3) is 0 Å². The fraction of sp³-hybridized carbons (Fsp3) is 0.333. The van der Waals surface area contributed by atoms with Crippen LogP contribution in [0, 0.1) is 11.8 Å². The van der Waals surface area contributed by atoms with Gasteiger partial charge in [-0.15, -0.1) is 11.8 Å². The van der Waals surface area contributed by atoms with Gasteiger partial charge in [0.1, 0.15) is 5.75 Å². The summed E-state index contributed by atoms with van der Waals surface area (Å²) in [6.45, 7) is 1.74. The summed E-state index contributed by atoms with van der Waals surface area (Å²) in [4.78, 5) is 0. The fourth-order valence-corrected chi connectivity index (χ4v) is 1.45. The Balaban J connectivity index is 2.97. The SMILES string of the molecule is CC#CCC(O)c1cc(Cl)ccc1OC. The first-order chi connectivity index (χ1) is 7.19. The molecule has 1 atom stereocenters. The first kappa shape index (κ1) is 11.9. The number of aliphatic hydroxyl groups is 1. The molecule has 2 nitrogen and oxygen atoms in total. The van der Waals surface area contributed by atoms with Crippen molar-refractivity contribution in [1.82, 2.24) is 0 Å². The third-order valence-corrected chi connectivity index (χ3v) is 2.26. The van der Waals surface area contributed by atoms with Crippen LogP contribution in [0.4, 0.5) is 0 Å². The minimum absolute atomic E-state index is 0.382. The van der Waals surface area contributed by atoms with Crippen molar-refractivity contribution in [3.63, 3.8) is 0 Å². The second kappa shape index (κ2) is 5.65.